The maximum Gasteiger partial charge on any atom is 0.267 e. The van der Waals surface area contributed by atoms with E-state index in [0.29, 0.717) is 0 Å². The van der Waals surface area contributed by atoms with E-state index in [1.54, 1.807) is 11.6 Å². The molecule has 5 heteroatoms. The Bertz CT molecular complexity index is 1160. The Kier molecular flexibility index (Phi) is 5.49. The molecule has 0 aliphatic rings. The van der Waals surface area contributed by atoms with Gasteiger partial charge in [0.2, 0.25) is 0 Å². The molecule has 0 saturated heterocycles. The van der Waals surface area contributed by atoms with E-state index >= 15 is 0 Å². The molecule has 3 aromatic carbocycles. The van der Waals surface area contributed by atoms with Crippen LogP contribution in [0.3, 0.4) is 0 Å². The molecule has 1 aromatic heterocycles. The van der Waals surface area contributed by atoms with Gasteiger partial charge in [-0.25, -0.2) is 10.5 Å². The molecule has 4 rings (SSSR count). The number of carbonyl (C=O) groups is 1. The number of benzene rings is 3. The zero-order chi connectivity index (χ0) is 20.1. The molecule has 1 heterocycles. The van der Waals surface area contributed by atoms with E-state index in [0.717, 1.165) is 41.0 Å². The van der Waals surface area contributed by atoms with Gasteiger partial charge in [0.05, 0.1) is 11.0 Å². The molecule has 5 nitrogen and oxygen atoms in total. The number of hydrogen-bond acceptors (Lipinski definition) is 3. The van der Waals surface area contributed by atoms with Gasteiger partial charge >= 0.3 is 0 Å². The number of para-hydroxylation sites is 2. The SMILES string of the molecule is O=C(C=Cc1cccc(-c2nc3ccccc3n2CCc2ccccc2)c1)NO. The Morgan fingerprint density at radius 2 is 1.79 bits per heavy atom. The zero-order valence-electron chi connectivity index (χ0n) is 15.8. The molecule has 1 amide bonds. The lowest BCUT2D eigenvalue weighted by atomic mass is 10.1. The molecule has 0 aliphatic heterocycles. The first kappa shape index (κ1) is 18.7. The van der Waals surface area contributed by atoms with Crippen molar-refractivity contribution >= 4 is 23.0 Å². The highest BCUT2D eigenvalue weighted by molar-refractivity contribution is 5.91. The highest BCUT2D eigenvalue weighted by Gasteiger charge is 2.12. The van der Waals surface area contributed by atoms with E-state index < -0.39 is 5.91 Å². The summed E-state index contributed by atoms with van der Waals surface area (Å²) in [6.45, 7) is 0.812. The maximum atomic E-state index is 11.3. The first-order chi connectivity index (χ1) is 14.2. The molecule has 4 aromatic rings. The molecule has 0 aliphatic carbocycles. The van der Waals surface area contributed by atoms with E-state index in [1.807, 2.05) is 48.5 Å². The van der Waals surface area contributed by atoms with Crippen molar-refractivity contribution in [1.29, 1.82) is 0 Å². The van der Waals surface area contributed by atoms with Crippen LogP contribution in [-0.2, 0) is 17.8 Å². The third-order valence-electron chi connectivity index (χ3n) is 4.80. The fourth-order valence-electron chi connectivity index (χ4n) is 3.40. The maximum absolute atomic E-state index is 11.3. The second-order valence-electron chi connectivity index (χ2n) is 6.75. The second-order valence-corrected chi connectivity index (χ2v) is 6.75. The number of rotatable bonds is 6. The van der Waals surface area contributed by atoms with E-state index in [4.69, 9.17) is 10.2 Å². The van der Waals surface area contributed by atoms with E-state index in [2.05, 4.69) is 34.9 Å². The van der Waals surface area contributed by atoms with Crippen LogP contribution in [0.5, 0.6) is 0 Å². The van der Waals surface area contributed by atoms with E-state index in [9.17, 15) is 4.79 Å². The molecule has 144 valence electrons. The van der Waals surface area contributed by atoms with Crippen molar-refractivity contribution in [2.45, 2.75) is 13.0 Å². The van der Waals surface area contributed by atoms with E-state index in [-0.39, 0.29) is 0 Å². The largest absolute Gasteiger partial charge is 0.324 e. The number of hydroxylamine groups is 1. The van der Waals surface area contributed by atoms with Crippen molar-refractivity contribution < 1.29 is 10.0 Å². The van der Waals surface area contributed by atoms with Crippen molar-refractivity contribution in [1.82, 2.24) is 15.0 Å². The van der Waals surface area contributed by atoms with Gasteiger partial charge in [-0.1, -0.05) is 60.7 Å². The molecule has 0 atom stereocenters. The fraction of sp³-hybridized carbons (Fsp3) is 0.0833. The summed E-state index contributed by atoms with van der Waals surface area (Å²) in [5.41, 5.74) is 6.76. The van der Waals surface area contributed by atoms with Crippen LogP contribution in [0.2, 0.25) is 0 Å². The van der Waals surface area contributed by atoms with Crippen LogP contribution in [0.1, 0.15) is 11.1 Å². The molecule has 29 heavy (non-hydrogen) atoms. The summed E-state index contributed by atoms with van der Waals surface area (Å²) in [6, 6.07) is 26.4. The number of aromatic nitrogens is 2. The summed E-state index contributed by atoms with van der Waals surface area (Å²) < 4.78 is 2.24. The second kappa shape index (κ2) is 8.54. The summed E-state index contributed by atoms with van der Waals surface area (Å²) >= 11 is 0. The quantitative estimate of drug-likeness (QED) is 0.293. The number of hydrogen-bond donors (Lipinski definition) is 2. The predicted octanol–water partition coefficient (Wildman–Crippen LogP) is 4.46. The van der Waals surface area contributed by atoms with Gasteiger partial charge in [0, 0.05) is 18.2 Å². The molecule has 0 bridgehead atoms. The van der Waals surface area contributed by atoms with Gasteiger partial charge in [0.25, 0.3) is 5.91 Å². The van der Waals surface area contributed by atoms with Gasteiger partial charge in [-0.2, -0.15) is 0 Å². The lowest BCUT2D eigenvalue weighted by molar-refractivity contribution is -0.124. The number of carbonyl (C=O) groups excluding carboxylic acids is 1. The van der Waals surface area contributed by atoms with Crippen molar-refractivity contribution in [3.63, 3.8) is 0 Å². The highest BCUT2D eigenvalue weighted by atomic mass is 16.5. The van der Waals surface area contributed by atoms with Crippen molar-refractivity contribution in [2.24, 2.45) is 0 Å². The Morgan fingerprint density at radius 1 is 1.00 bits per heavy atom. The van der Waals surface area contributed by atoms with Gasteiger partial charge in [0.15, 0.2) is 0 Å². The summed E-state index contributed by atoms with van der Waals surface area (Å²) in [4.78, 5) is 16.1. The normalized spacial score (nSPS) is 11.2. The molecule has 0 fully saturated rings. The predicted molar refractivity (Wildman–Crippen MR) is 114 cm³/mol. The first-order valence-electron chi connectivity index (χ1n) is 9.46. The average molecular weight is 383 g/mol. The third kappa shape index (κ3) is 4.25. The summed E-state index contributed by atoms with van der Waals surface area (Å²) in [5, 5.41) is 8.65. The van der Waals surface area contributed by atoms with Crippen LogP contribution >= 0.6 is 0 Å². The van der Waals surface area contributed by atoms with Gasteiger partial charge < -0.3 is 4.57 Å². The van der Waals surface area contributed by atoms with Crippen LogP contribution in [0.15, 0.2) is 84.9 Å². The monoisotopic (exact) mass is 383 g/mol. The van der Waals surface area contributed by atoms with Crippen LogP contribution < -0.4 is 5.48 Å². The van der Waals surface area contributed by atoms with Gasteiger partial charge in [-0.05, 0) is 41.8 Å². The Hall–Kier alpha value is -3.70. The molecule has 0 saturated carbocycles. The van der Waals surface area contributed by atoms with Gasteiger partial charge in [0.1, 0.15) is 5.82 Å². The number of fused-ring (bicyclic) bond motifs is 1. The molecule has 0 radical (unpaired) electrons. The molecule has 0 spiro atoms. The van der Waals surface area contributed by atoms with Crippen LogP contribution in [-0.4, -0.2) is 20.7 Å². The Balaban J connectivity index is 1.72. The lowest BCUT2D eigenvalue weighted by Crippen LogP contribution is -2.14. The smallest absolute Gasteiger partial charge is 0.267 e. The third-order valence-corrected chi connectivity index (χ3v) is 4.80. The number of aryl methyl sites for hydroxylation is 2. The summed E-state index contributed by atoms with van der Waals surface area (Å²) in [6.07, 6.45) is 3.86. The number of amides is 1. The van der Waals surface area contributed by atoms with Crippen LogP contribution in [0.25, 0.3) is 28.5 Å². The molecule has 2 N–H and O–H groups in total. The molecule has 0 unspecified atom stereocenters. The van der Waals surface area contributed by atoms with Gasteiger partial charge in [-0.3, -0.25) is 10.0 Å². The lowest BCUT2D eigenvalue weighted by Gasteiger charge is -2.10. The summed E-state index contributed by atoms with van der Waals surface area (Å²) in [5.74, 6) is 0.328. The number of nitrogens with one attached hydrogen (secondary N) is 1. The Labute approximate surface area is 168 Å². The van der Waals surface area contributed by atoms with E-state index in [1.165, 1.54) is 11.6 Å². The standard InChI is InChI=1S/C24H21N3O2/c28-23(26-29)14-13-19-9-6-10-20(17-19)24-25-21-11-4-5-12-22(21)27(24)16-15-18-7-2-1-3-8-18/h1-14,17,29H,15-16H2,(H,26,28). The summed E-state index contributed by atoms with van der Waals surface area (Å²) in [7, 11) is 0. The van der Waals surface area contributed by atoms with Crippen molar-refractivity contribution in [3.8, 4) is 11.4 Å². The molecular formula is C24H21N3O2. The van der Waals surface area contributed by atoms with Crippen LogP contribution in [0.4, 0.5) is 0 Å². The van der Waals surface area contributed by atoms with Crippen molar-refractivity contribution in [2.75, 3.05) is 0 Å². The minimum atomic E-state index is -0.564. The first-order valence-corrected chi connectivity index (χ1v) is 9.46. The number of imidazole rings is 1. The molecular weight excluding hydrogens is 362 g/mol. The zero-order valence-corrected chi connectivity index (χ0v) is 15.8. The van der Waals surface area contributed by atoms with Crippen molar-refractivity contribution in [3.05, 3.63) is 96.1 Å². The fourth-order valence-corrected chi connectivity index (χ4v) is 3.40. The minimum absolute atomic E-state index is 0.564. The van der Waals surface area contributed by atoms with Gasteiger partial charge in [-0.15, -0.1) is 0 Å². The minimum Gasteiger partial charge on any atom is -0.324 e. The Morgan fingerprint density at radius 3 is 2.62 bits per heavy atom. The number of nitrogens with zero attached hydrogens (tertiary/aromatic N) is 2. The highest BCUT2D eigenvalue weighted by Crippen LogP contribution is 2.26. The average Bonchev–Trinajstić information content (AvgIpc) is 3.15. The topological polar surface area (TPSA) is 67.2 Å². The van der Waals surface area contributed by atoms with Crippen LogP contribution in [0, 0.1) is 0 Å².